The number of nitrogens with zero attached hydrogens (tertiary/aromatic N) is 1. The molecule has 0 atom stereocenters. The van der Waals surface area contributed by atoms with E-state index in [1.165, 1.54) is 30.3 Å². The number of esters is 1. The highest BCUT2D eigenvalue weighted by atomic mass is 19.3. The van der Waals surface area contributed by atoms with Crippen LogP contribution in [0.5, 0.6) is 5.75 Å². The molecule has 1 amide bonds. The molecule has 28 heavy (non-hydrogen) atoms. The summed E-state index contributed by atoms with van der Waals surface area (Å²) in [5.41, 5.74) is 0.123. The van der Waals surface area contributed by atoms with Gasteiger partial charge in [-0.15, -0.1) is 0 Å². The SMILES string of the molecule is O=C(COC(=O)c1ccccc1[N+](=O)[O-])NCCc1ccc(OC(F)F)cc1. The van der Waals surface area contributed by atoms with E-state index < -0.39 is 35.7 Å². The smallest absolute Gasteiger partial charge is 0.387 e. The number of rotatable bonds is 9. The van der Waals surface area contributed by atoms with Crippen LogP contribution in [-0.2, 0) is 16.0 Å². The second kappa shape index (κ2) is 9.95. The van der Waals surface area contributed by atoms with E-state index >= 15 is 0 Å². The summed E-state index contributed by atoms with van der Waals surface area (Å²) < 4.78 is 33.2. The molecule has 0 bridgehead atoms. The Morgan fingerprint density at radius 3 is 2.43 bits per heavy atom. The van der Waals surface area contributed by atoms with Crippen molar-refractivity contribution in [2.24, 2.45) is 0 Å². The van der Waals surface area contributed by atoms with Crippen LogP contribution in [0.3, 0.4) is 0 Å². The first kappa shape index (κ1) is 20.7. The fourth-order valence-electron chi connectivity index (χ4n) is 2.25. The summed E-state index contributed by atoms with van der Waals surface area (Å²) in [6.07, 6.45) is 0.415. The van der Waals surface area contributed by atoms with Crippen molar-refractivity contribution in [3.05, 3.63) is 69.8 Å². The number of nitrogens with one attached hydrogen (secondary N) is 1. The molecule has 2 rings (SSSR count). The molecular formula is C18H16F2N2O6. The zero-order valence-electron chi connectivity index (χ0n) is 14.5. The Kier molecular flexibility index (Phi) is 7.37. The Morgan fingerprint density at radius 1 is 1.11 bits per heavy atom. The minimum Gasteiger partial charge on any atom is -0.452 e. The van der Waals surface area contributed by atoms with Gasteiger partial charge < -0.3 is 14.8 Å². The third-order valence-electron chi connectivity index (χ3n) is 3.54. The van der Waals surface area contributed by atoms with Gasteiger partial charge in [0.15, 0.2) is 6.61 Å². The Morgan fingerprint density at radius 2 is 1.79 bits per heavy atom. The van der Waals surface area contributed by atoms with Crippen LogP contribution in [0.25, 0.3) is 0 Å². The number of nitro groups is 1. The van der Waals surface area contributed by atoms with Crippen LogP contribution in [0.2, 0.25) is 0 Å². The number of hydrogen-bond acceptors (Lipinski definition) is 6. The lowest BCUT2D eigenvalue weighted by atomic mass is 10.1. The fourth-order valence-corrected chi connectivity index (χ4v) is 2.25. The summed E-state index contributed by atoms with van der Waals surface area (Å²) in [5.74, 6) is -1.52. The lowest BCUT2D eigenvalue weighted by molar-refractivity contribution is -0.385. The largest absolute Gasteiger partial charge is 0.452 e. The standard InChI is InChI=1S/C18H16F2N2O6/c19-18(20)28-13-7-5-12(6-8-13)9-10-21-16(23)11-27-17(24)14-3-1-2-4-15(14)22(25)26/h1-8,18H,9-11H2,(H,21,23). The quantitative estimate of drug-likeness (QED) is 0.398. The molecule has 0 radical (unpaired) electrons. The Hall–Kier alpha value is -3.56. The molecule has 0 unspecified atom stereocenters. The van der Waals surface area contributed by atoms with Gasteiger partial charge in [0.1, 0.15) is 11.3 Å². The molecule has 0 aliphatic heterocycles. The molecular weight excluding hydrogens is 378 g/mol. The van der Waals surface area contributed by atoms with Crippen LogP contribution in [-0.4, -0.2) is 36.6 Å². The monoisotopic (exact) mass is 394 g/mol. The second-order valence-electron chi connectivity index (χ2n) is 5.47. The number of benzene rings is 2. The van der Waals surface area contributed by atoms with E-state index in [0.717, 1.165) is 11.6 Å². The number of alkyl halides is 2. The minimum absolute atomic E-state index is 0.0321. The van der Waals surface area contributed by atoms with E-state index in [-0.39, 0.29) is 17.9 Å². The Labute approximate surface area is 158 Å². The molecule has 0 saturated carbocycles. The maximum absolute atomic E-state index is 12.1. The van der Waals surface area contributed by atoms with Crippen LogP contribution < -0.4 is 10.1 Å². The lowest BCUT2D eigenvalue weighted by Gasteiger charge is -2.08. The molecule has 0 heterocycles. The van der Waals surface area contributed by atoms with E-state index in [1.807, 2.05) is 0 Å². The third kappa shape index (κ3) is 6.31. The number of halogens is 2. The first-order valence-electron chi connectivity index (χ1n) is 8.08. The van der Waals surface area contributed by atoms with Gasteiger partial charge in [-0.3, -0.25) is 14.9 Å². The maximum atomic E-state index is 12.1. The average Bonchev–Trinajstić information content (AvgIpc) is 2.67. The van der Waals surface area contributed by atoms with Gasteiger partial charge in [0, 0.05) is 12.6 Å². The number of para-hydroxylation sites is 1. The maximum Gasteiger partial charge on any atom is 0.387 e. The molecule has 148 valence electrons. The van der Waals surface area contributed by atoms with Crippen molar-refractivity contribution in [1.29, 1.82) is 0 Å². The number of ether oxygens (including phenoxy) is 2. The van der Waals surface area contributed by atoms with Gasteiger partial charge in [-0.2, -0.15) is 8.78 Å². The van der Waals surface area contributed by atoms with E-state index in [2.05, 4.69) is 10.1 Å². The van der Waals surface area contributed by atoms with E-state index in [4.69, 9.17) is 4.74 Å². The molecule has 0 aromatic heterocycles. The summed E-state index contributed by atoms with van der Waals surface area (Å²) in [6.45, 7) is -3.27. The van der Waals surface area contributed by atoms with E-state index in [1.54, 1.807) is 12.1 Å². The number of hydrogen-bond donors (Lipinski definition) is 1. The fraction of sp³-hybridized carbons (Fsp3) is 0.222. The highest BCUT2D eigenvalue weighted by Gasteiger charge is 2.21. The summed E-state index contributed by atoms with van der Waals surface area (Å²) in [4.78, 5) is 33.8. The highest BCUT2D eigenvalue weighted by molar-refractivity contribution is 5.95. The average molecular weight is 394 g/mol. The third-order valence-corrected chi connectivity index (χ3v) is 3.54. The van der Waals surface area contributed by atoms with Crippen LogP contribution in [0.15, 0.2) is 48.5 Å². The number of amides is 1. The Balaban J connectivity index is 1.76. The van der Waals surface area contributed by atoms with Crippen molar-refractivity contribution in [3.63, 3.8) is 0 Å². The van der Waals surface area contributed by atoms with Gasteiger partial charge in [-0.25, -0.2) is 4.79 Å². The molecule has 10 heteroatoms. The first-order chi connectivity index (χ1) is 13.4. The van der Waals surface area contributed by atoms with Crippen LogP contribution >= 0.6 is 0 Å². The van der Waals surface area contributed by atoms with Gasteiger partial charge in [-0.1, -0.05) is 24.3 Å². The summed E-state index contributed by atoms with van der Waals surface area (Å²) in [7, 11) is 0. The molecule has 0 aliphatic rings. The molecule has 1 N–H and O–H groups in total. The molecule has 2 aromatic carbocycles. The van der Waals surface area contributed by atoms with Crippen molar-refractivity contribution in [2.75, 3.05) is 13.2 Å². The number of carbonyl (C=O) groups is 2. The molecule has 0 aliphatic carbocycles. The lowest BCUT2D eigenvalue weighted by Crippen LogP contribution is -2.30. The van der Waals surface area contributed by atoms with Crippen molar-refractivity contribution in [2.45, 2.75) is 13.0 Å². The minimum atomic E-state index is -2.90. The van der Waals surface area contributed by atoms with Gasteiger partial charge in [0.05, 0.1) is 4.92 Å². The second-order valence-corrected chi connectivity index (χ2v) is 5.47. The molecule has 0 saturated heterocycles. The predicted octanol–water partition coefficient (Wildman–Crippen LogP) is 2.71. The van der Waals surface area contributed by atoms with Crippen LogP contribution in [0.1, 0.15) is 15.9 Å². The molecule has 2 aromatic rings. The molecule has 0 spiro atoms. The van der Waals surface area contributed by atoms with Crippen molar-refractivity contribution in [3.8, 4) is 5.75 Å². The zero-order valence-corrected chi connectivity index (χ0v) is 14.5. The van der Waals surface area contributed by atoms with Gasteiger partial charge in [0.2, 0.25) is 0 Å². The molecule has 8 nitrogen and oxygen atoms in total. The first-order valence-corrected chi connectivity index (χ1v) is 8.08. The van der Waals surface area contributed by atoms with E-state index in [9.17, 15) is 28.5 Å². The summed E-state index contributed by atoms with van der Waals surface area (Å²) >= 11 is 0. The Bertz CT molecular complexity index is 842. The van der Waals surface area contributed by atoms with Gasteiger partial charge in [0.25, 0.3) is 11.6 Å². The highest BCUT2D eigenvalue weighted by Crippen LogP contribution is 2.18. The summed E-state index contributed by atoms with van der Waals surface area (Å²) in [6, 6.07) is 11.2. The normalized spacial score (nSPS) is 10.4. The van der Waals surface area contributed by atoms with Crippen LogP contribution in [0.4, 0.5) is 14.5 Å². The number of nitro benzene ring substituents is 1. The number of carbonyl (C=O) groups excluding carboxylic acids is 2. The van der Waals surface area contributed by atoms with Crippen molar-refractivity contribution < 1.29 is 32.8 Å². The van der Waals surface area contributed by atoms with Crippen molar-refractivity contribution >= 4 is 17.6 Å². The summed E-state index contributed by atoms with van der Waals surface area (Å²) in [5, 5.41) is 13.4. The van der Waals surface area contributed by atoms with E-state index in [0.29, 0.717) is 6.42 Å². The molecule has 0 fully saturated rings. The zero-order chi connectivity index (χ0) is 20.5. The van der Waals surface area contributed by atoms with Crippen molar-refractivity contribution in [1.82, 2.24) is 5.32 Å². The topological polar surface area (TPSA) is 108 Å². The van der Waals surface area contributed by atoms with Crippen LogP contribution in [0, 0.1) is 10.1 Å². The van der Waals surface area contributed by atoms with Gasteiger partial charge >= 0.3 is 12.6 Å². The predicted molar refractivity (Wildman–Crippen MR) is 93.2 cm³/mol. The van der Waals surface area contributed by atoms with Gasteiger partial charge in [-0.05, 0) is 30.2 Å².